The molecule has 3 fully saturated rings. The molecule has 0 aromatic rings. The summed E-state index contributed by atoms with van der Waals surface area (Å²) in [6, 6.07) is -2.36. The zero-order chi connectivity index (χ0) is 26.2. The lowest BCUT2D eigenvalue weighted by Crippen LogP contribution is -2.60. The van der Waals surface area contributed by atoms with Crippen molar-refractivity contribution < 1.29 is 23.9 Å². The van der Waals surface area contributed by atoms with Crippen molar-refractivity contribution in [2.45, 2.75) is 95.1 Å². The molecule has 3 rings (SSSR count). The van der Waals surface area contributed by atoms with Gasteiger partial charge >= 0.3 is 12.1 Å². The molecule has 3 aliphatic heterocycles. The van der Waals surface area contributed by atoms with Gasteiger partial charge in [-0.3, -0.25) is 14.5 Å². The van der Waals surface area contributed by atoms with Crippen molar-refractivity contribution in [3.8, 4) is 12.3 Å². The highest BCUT2D eigenvalue weighted by Crippen LogP contribution is 2.42. The Morgan fingerprint density at radius 1 is 1.00 bits per heavy atom. The summed E-state index contributed by atoms with van der Waals surface area (Å²) in [6.45, 7) is 5.29. The molecule has 3 heterocycles. The van der Waals surface area contributed by atoms with Gasteiger partial charge in [-0.15, -0.1) is 6.42 Å². The van der Waals surface area contributed by atoms with Crippen LogP contribution in [0.15, 0.2) is 0 Å². The quantitative estimate of drug-likeness (QED) is 0.603. The molecular formula is C25H39N5O5. The van der Waals surface area contributed by atoms with Crippen LogP contribution in [-0.2, 0) is 14.3 Å². The molecule has 0 saturated carbocycles. The third-order valence-corrected chi connectivity index (χ3v) is 7.33. The largest absolute Gasteiger partial charge is 0.444 e. The number of ether oxygens (including phenoxy) is 1. The maximum atomic E-state index is 14.1. The number of terminal acetylenes is 1. The Labute approximate surface area is 208 Å². The second kappa shape index (κ2) is 9.96. The number of likely N-dealkylation sites (tertiary alicyclic amines) is 1. The summed E-state index contributed by atoms with van der Waals surface area (Å²) >= 11 is 0. The van der Waals surface area contributed by atoms with E-state index in [1.165, 1.54) is 9.80 Å². The standard InChI is InChI=1S/C25H39N5O5/c1-8-16-11-12-19(21(26)31)30(16)22(32)20(28(7)24(34)35-25(2,3)4)15-13-17-9-10-18(14-15)29(17)23(33)27(5)6/h1,15-20H,9-14H2,2-7H3,(H2,26,31)/t15?,16?,17?,18?,19-,20-/m0/s1. The topological polar surface area (TPSA) is 116 Å². The Morgan fingerprint density at radius 2 is 1.57 bits per heavy atom. The van der Waals surface area contributed by atoms with Crippen LogP contribution in [0.4, 0.5) is 9.59 Å². The number of primary amides is 1. The fraction of sp³-hybridized carbons (Fsp3) is 0.760. The number of hydrogen-bond donors (Lipinski definition) is 1. The molecule has 35 heavy (non-hydrogen) atoms. The van der Waals surface area contributed by atoms with E-state index in [4.69, 9.17) is 16.9 Å². The van der Waals surface area contributed by atoms with E-state index < -0.39 is 35.7 Å². The fourth-order valence-corrected chi connectivity index (χ4v) is 5.87. The van der Waals surface area contributed by atoms with E-state index in [-0.39, 0.29) is 29.9 Å². The van der Waals surface area contributed by atoms with Crippen LogP contribution in [0.1, 0.15) is 59.3 Å². The van der Waals surface area contributed by atoms with Crippen molar-refractivity contribution in [2.75, 3.05) is 21.1 Å². The normalized spacial score (nSPS) is 28.8. The number of nitrogens with zero attached hydrogens (tertiary/aromatic N) is 4. The maximum absolute atomic E-state index is 14.1. The Balaban J connectivity index is 1.95. The second-order valence-electron chi connectivity index (χ2n) is 11.2. The molecule has 2 N–H and O–H groups in total. The predicted molar refractivity (Wildman–Crippen MR) is 130 cm³/mol. The smallest absolute Gasteiger partial charge is 0.410 e. The van der Waals surface area contributed by atoms with Gasteiger partial charge in [-0.25, -0.2) is 9.59 Å². The molecule has 194 valence electrons. The summed E-state index contributed by atoms with van der Waals surface area (Å²) < 4.78 is 5.58. The van der Waals surface area contributed by atoms with E-state index in [2.05, 4.69) is 5.92 Å². The van der Waals surface area contributed by atoms with Crippen LogP contribution in [-0.4, -0.2) is 100 Å². The number of carbonyl (C=O) groups is 4. The first-order valence-corrected chi connectivity index (χ1v) is 12.3. The summed E-state index contributed by atoms with van der Waals surface area (Å²) in [5.41, 5.74) is 4.87. The van der Waals surface area contributed by atoms with E-state index in [0.717, 1.165) is 12.8 Å². The number of piperidine rings is 1. The summed E-state index contributed by atoms with van der Waals surface area (Å²) in [5, 5.41) is 0. The lowest BCUT2D eigenvalue weighted by atomic mass is 9.83. The van der Waals surface area contributed by atoms with E-state index in [0.29, 0.717) is 25.7 Å². The van der Waals surface area contributed by atoms with Crippen molar-refractivity contribution in [1.29, 1.82) is 0 Å². The van der Waals surface area contributed by atoms with Crippen LogP contribution in [0.2, 0.25) is 0 Å². The first-order valence-electron chi connectivity index (χ1n) is 12.3. The third kappa shape index (κ3) is 5.34. The van der Waals surface area contributed by atoms with Gasteiger partial charge in [0, 0.05) is 33.2 Å². The molecule has 3 aliphatic rings. The number of hydrogen-bond acceptors (Lipinski definition) is 5. The third-order valence-electron chi connectivity index (χ3n) is 7.33. The Hall–Kier alpha value is -2.96. The lowest BCUT2D eigenvalue weighted by Gasteiger charge is -2.45. The summed E-state index contributed by atoms with van der Waals surface area (Å²) in [6.07, 6.45) is 8.76. The highest BCUT2D eigenvalue weighted by Gasteiger charge is 2.51. The summed E-state index contributed by atoms with van der Waals surface area (Å²) in [4.78, 5) is 58.4. The van der Waals surface area contributed by atoms with Gasteiger partial charge in [-0.2, -0.15) is 0 Å². The molecule has 0 aromatic heterocycles. The van der Waals surface area contributed by atoms with Crippen LogP contribution in [0.3, 0.4) is 0 Å². The van der Waals surface area contributed by atoms with Crippen LogP contribution < -0.4 is 5.73 Å². The Kier molecular flexibility index (Phi) is 7.58. The van der Waals surface area contributed by atoms with Crippen molar-refractivity contribution in [2.24, 2.45) is 11.7 Å². The van der Waals surface area contributed by atoms with Gasteiger partial charge in [0.15, 0.2) is 0 Å². The molecule has 0 aliphatic carbocycles. The van der Waals surface area contributed by atoms with Gasteiger partial charge in [0.25, 0.3) is 0 Å². The molecule has 5 amide bonds. The zero-order valence-corrected chi connectivity index (χ0v) is 21.7. The number of fused-ring (bicyclic) bond motifs is 2. The minimum atomic E-state index is -0.889. The lowest BCUT2D eigenvalue weighted by molar-refractivity contribution is -0.145. The van der Waals surface area contributed by atoms with Gasteiger partial charge in [-0.1, -0.05) is 5.92 Å². The highest BCUT2D eigenvalue weighted by molar-refractivity contribution is 5.92. The monoisotopic (exact) mass is 489 g/mol. The number of carbonyl (C=O) groups excluding carboxylic acids is 4. The molecule has 10 nitrogen and oxygen atoms in total. The minimum absolute atomic E-state index is 0.0232. The first kappa shape index (κ1) is 26.6. The van der Waals surface area contributed by atoms with Crippen LogP contribution >= 0.6 is 0 Å². The molecular weight excluding hydrogens is 450 g/mol. The first-order chi connectivity index (χ1) is 16.3. The van der Waals surface area contributed by atoms with E-state index in [9.17, 15) is 19.2 Å². The predicted octanol–water partition coefficient (Wildman–Crippen LogP) is 1.62. The molecule has 0 spiro atoms. The molecule has 0 aromatic carbocycles. The van der Waals surface area contributed by atoms with Gasteiger partial charge < -0.3 is 25.2 Å². The van der Waals surface area contributed by atoms with E-state index >= 15 is 0 Å². The van der Waals surface area contributed by atoms with Crippen LogP contribution in [0.25, 0.3) is 0 Å². The van der Waals surface area contributed by atoms with Crippen molar-refractivity contribution in [3.63, 3.8) is 0 Å². The SMILES string of the molecule is C#CC1CC[C@@H](C(N)=O)N1C(=O)[C@H](C1CC2CCC(C1)N2C(=O)N(C)C)N(C)C(=O)OC(C)(C)C. The van der Waals surface area contributed by atoms with Crippen molar-refractivity contribution in [3.05, 3.63) is 0 Å². The number of amides is 5. The molecule has 3 unspecified atom stereocenters. The average Bonchev–Trinajstić information content (AvgIpc) is 3.30. The van der Waals surface area contributed by atoms with Gasteiger partial charge in [0.05, 0.1) is 6.04 Å². The van der Waals surface area contributed by atoms with E-state index in [1.54, 1.807) is 46.8 Å². The highest BCUT2D eigenvalue weighted by atomic mass is 16.6. The van der Waals surface area contributed by atoms with Crippen LogP contribution in [0.5, 0.6) is 0 Å². The molecule has 10 heteroatoms. The van der Waals surface area contributed by atoms with Gasteiger partial charge in [0.1, 0.15) is 17.7 Å². The number of nitrogens with two attached hydrogens (primary N) is 1. The second-order valence-corrected chi connectivity index (χ2v) is 11.2. The van der Waals surface area contributed by atoms with E-state index in [1.807, 2.05) is 4.90 Å². The zero-order valence-electron chi connectivity index (χ0n) is 21.7. The van der Waals surface area contributed by atoms with Crippen LogP contribution in [0, 0.1) is 18.3 Å². The van der Waals surface area contributed by atoms with Gasteiger partial charge in [-0.05, 0) is 65.2 Å². The number of rotatable bonds is 4. The van der Waals surface area contributed by atoms with Crippen molar-refractivity contribution in [1.82, 2.24) is 19.6 Å². The molecule has 0 radical (unpaired) electrons. The maximum Gasteiger partial charge on any atom is 0.410 e. The Bertz CT molecular complexity index is 893. The molecule has 5 atom stereocenters. The molecule has 2 bridgehead atoms. The fourth-order valence-electron chi connectivity index (χ4n) is 5.87. The summed E-state index contributed by atoms with van der Waals surface area (Å²) in [7, 11) is 5.01. The Morgan fingerprint density at radius 3 is 2.03 bits per heavy atom. The average molecular weight is 490 g/mol. The number of urea groups is 1. The van der Waals surface area contributed by atoms with Crippen molar-refractivity contribution >= 4 is 23.9 Å². The van der Waals surface area contributed by atoms with Gasteiger partial charge in [0.2, 0.25) is 11.8 Å². The number of likely N-dealkylation sites (N-methyl/N-ethyl adjacent to an activating group) is 1. The minimum Gasteiger partial charge on any atom is -0.444 e. The molecule has 3 saturated heterocycles. The summed E-state index contributed by atoms with van der Waals surface area (Å²) in [5.74, 6) is 1.39.